The van der Waals surface area contributed by atoms with Crippen molar-refractivity contribution in [1.82, 2.24) is 4.98 Å². The van der Waals surface area contributed by atoms with Crippen molar-refractivity contribution in [3.63, 3.8) is 0 Å². The summed E-state index contributed by atoms with van der Waals surface area (Å²) in [5.41, 5.74) is 10.1. The third-order valence-corrected chi connectivity index (χ3v) is 4.41. The third-order valence-electron chi connectivity index (χ3n) is 3.66. The van der Waals surface area contributed by atoms with Gasteiger partial charge >= 0.3 is 0 Å². The summed E-state index contributed by atoms with van der Waals surface area (Å²) < 4.78 is 0. The van der Waals surface area contributed by atoms with E-state index >= 15 is 0 Å². The highest BCUT2D eigenvalue weighted by atomic mass is 35.5. The molecule has 0 radical (unpaired) electrons. The minimum Gasteiger partial charge on any atom is -0.397 e. The molecule has 0 aliphatic rings. The van der Waals surface area contributed by atoms with Gasteiger partial charge in [-0.25, -0.2) is 4.98 Å². The molecular formula is C19H16ClN3S. The number of nitrogens with two attached hydrogens (primary N) is 1. The first-order chi connectivity index (χ1) is 11.5. The van der Waals surface area contributed by atoms with E-state index in [0.717, 1.165) is 27.2 Å². The maximum Gasteiger partial charge on any atom is 0.130 e. The molecule has 0 amide bonds. The molecule has 5 heteroatoms. The van der Waals surface area contributed by atoms with Crippen LogP contribution in [0.2, 0.25) is 5.02 Å². The van der Waals surface area contributed by atoms with Crippen LogP contribution in [0.3, 0.4) is 0 Å². The zero-order chi connectivity index (χ0) is 17.1. The number of anilines is 3. The number of aryl methyl sites for hydroxylation is 1. The molecule has 3 N–H and O–H groups in total. The number of nitrogens with zero attached hydrogens (tertiary/aromatic N) is 1. The van der Waals surface area contributed by atoms with Crippen LogP contribution < -0.4 is 11.1 Å². The van der Waals surface area contributed by atoms with Crippen molar-refractivity contribution in [2.75, 3.05) is 11.1 Å². The van der Waals surface area contributed by atoms with E-state index in [2.05, 4.69) is 10.3 Å². The molecule has 0 spiro atoms. The van der Waals surface area contributed by atoms with Gasteiger partial charge in [-0.1, -0.05) is 48.1 Å². The van der Waals surface area contributed by atoms with Crippen molar-refractivity contribution in [3.8, 4) is 0 Å². The minimum atomic E-state index is 0.601. The smallest absolute Gasteiger partial charge is 0.130 e. The summed E-state index contributed by atoms with van der Waals surface area (Å²) in [7, 11) is 0. The number of halogens is 1. The second-order valence-electron chi connectivity index (χ2n) is 5.44. The van der Waals surface area contributed by atoms with Crippen LogP contribution in [0.5, 0.6) is 0 Å². The average Bonchev–Trinajstić information content (AvgIpc) is 2.57. The topological polar surface area (TPSA) is 50.9 Å². The summed E-state index contributed by atoms with van der Waals surface area (Å²) in [6.07, 6.45) is 1.60. The molecule has 2 aromatic carbocycles. The third kappa shape index (κ3) is 3.55. The molecule has 0 fully saturated rings. The number of pyridine rings is 1. The first kappa shape index (κ1) is 16.4. The van der Waals surface area contributed by atoms with E-state index in [1.165, 1.54) is 0 Å². The van der Waals surface area contributed by atoms with E-state index in [1.54, 1.807) is 12.3 Å². The van der Waals surface area contributed by atoms with Gasteiger partial charge in [0.15, 0.2) is 0 Å². The highest BCUT2D eigenvalue weighted by Gasteiger charge is 2.11. The van der Waals surface area contributed by atoms with E-state index in [0.29, 0.717) is 16.5 Å². The summed E-state index contributed by atoms with van der Waals surface area (Å²) >= 11 is 12.1. The van der Waals surface area contributed by atoms with Crippen LogP contribution in [-0.4, -0.2) is 9.85 Å². The van der Waals surface area contributed by atoms with Crippen molar-refractivity contribution < 1.29 is 0 Å². The monoisotopic (exact) mass is 353 g/mol. The van der Waals surface area contributed by atoms with Crippen LogP contribution in [-0.2, 0) is 0 Å². The largest absolute Gasteiger partial charge is 0.397 e. The van der Waals surface area contributed by atoms with Gasteiger partial charge in [0.1, 0.15) is 5.82 Å². The number of nitrogen functional groups attached to an aromatic ring is 1. The lowest BCUT2D eigenvalue weighted by Crippen LogP contribution is -2.03. The second kappa shape index (κ2) is 6.99. The molecular weight excluding hydrogens is 338 g/mol. The molecule has 120 valence electrons. The van der Waals surface area contributed by atoms with E-state index in [1.807, 2.05) is 55.5 Å². The molecule has 0 unspecified atom stereocenters. The molecule has 0 saturated carbocycles. The quantitative estimate of drug-likeness (QED) is 0.504. The van der Waals surface area contributed by atoms with Crippen LogP contribution in [0.25, 0.3) is 0 Å². The summed E-state index contributed by atoms with van der Waals surface area (Å²) in [6.45, 7) is 2.04. The molecule has 3 rings (SSSR count). The van der Waals surface area contributed by atoms with Crippen molar-refractivity contribution in [2.45, 2.75) is 6.92 Å². The van der Waals surface area contributed by atoms with Crippen molar-refractivity contribution >= 4 is 45.9 Å². The van der Waals surface area contributed by atoms with Gasteiger partial charge in [0.2, 0.25) is 0 Å². The number of nitrogens with one attached hydrogen (secondary N) is 1. The zero-order valence-electron chi connectivity index (χ0n) is 13.1. The van der Waals surface area contributed by atoms with Crippen molar-refractivity contribution in [1.29, 1.82) is 0 Å². The Labute approximate surface area is 151 Å². The standard InChI is InChI=1S/C19H16ClN3S/c1-12-4-2-3-5-15(12)19(24)16-8-7-14(10-17(16)20)23-18-9-6-13(21)11-22-18/h2-11H,21H2,1H3,(H,22,23). The Bertz CT molecular complexity index is 891. The Balaban J connectivity index is 1.86. The summed E-state index contributed by atoms with van der Waals surface area (Å²) in [5, 5.41) is 3.80. The van der Waals surface area contributed by atoms with Crippen LogP contribution in [0, 0.1) is 6.92 Å². The molecule has 0 aliphatic heterocycles. The van der Waals surface area contributed by atoms with Crippen LogP contribution in [0.15, 0.2) is 60.8 Å². The molecule has 0 bridgehead atoms. The molecule has 0 saturated heterocycles. The van der Waals surface area contributed by atoms with Gasteiger partial charge in [-0.15, -0.1) is 0 Å². The fourth-order valence-electron chi connectivity index (χ4n) is 2.38. The molecule has 24 heavy (non-hydrogen) atoms. The predicted molar refractivity (Wildman–Crippen MR) is 105 cm³/mol. The zero-order valence-corrected chi connectivity index (χ0v) is 14.7. The van der Waals surface area contributed by atoms with E-state index < -0.39 is 0 Å². The Kier molecular flexibility index (Phi) is 4.79. The number of thiocarbonyl (C=S) groups is 1. The van der Waals surface area contributed by atoms with Gasteiger partial charge in [-0.2, -0.15) is 0 Å². The van der Waals surface area contributed by atoms with Crippen molar-refractivity contribution in [2.24, 2.45) is 0 Å². The Morgan fingerprint density at radius 2 is 1.88 bits per heavy atom. The van der Waals surface area contributed by atoms with Gasteiger partial charge in [0.05, 0.1) is 21.8 Å². The van der Waals surface area contributed by atoms with E-state index in [9.17, 15) is 0 Å². The van der Waals surface area contributed by atoms with Crippen LogP contribution in [0.4, 0.5) is 17.2 Å². The number of hydrogen-bond acceptors (Lipinski definition) is 4. The molecule has 3 aromatic rings. The lowest BCUT2D eigenvalue weighted by Gasteiger charge is -2.12. The normalized spacial score (nSPS) is 10.4. The number of aromatic nitrogens is 1. The van der Waals surface area contributed by atoms with E-state index in [-0.39, 0.29) is 0 Å². The van der Waals surface area contributed by atoms with Gasteiger partial charge in [0, 0.05) is 11.3 Å². The molecule has 1 aromatic heterocycles. The summed E-state index contributed by atoms with van der Waals surface area (Å²) in [4.78, 5) is 4.96. The van der Waals surface area contributed by atoms with Crippen LogP contribution in [0.1, 0.15) is 16.7 Å². The number of rotatable bonds is 4. The van der Waals surface area contributed by atoms with Gasteiger partial charge < -0.3 is 11.1 Å². The predicted octanol–water partition coefficient (Wildman–Crippen LogP) is 5.14. The highest BCUT2D eigenvalue weighted by molar-refractivity contribution is 7.81. The fourth-order valence-corrected chi connectivity index (χ4v) is 3.11. The average molecular weight is 354 g/mol. The molecule has 0 atom stereocenters. The fraction of sp³-hybridized carbons (Fsp3) is 0.0526. The Morgan fingerprint density at radius 3 is 2.54 bits per heavy atom. The Hall–Kier alpha value is -2.43. The first-order valence-electron chi connectivity index (χ1n) is 7.43. The summed E-state index contributed by atoms with van der Waals surface area (Å²) in [6, 6.07) is 17.3. The first-order valence-corrected chi connectivity index (χ1v) is 8.21. The maximum atomic E-state index is 6.45. The van der Waals surface area contributed by atoms with Crippen molar-refractivity contribution in [3.05, 3.63) is 82.5 Å². The van der Waals surface area contributed by atoms with Gasteiger partial charge in [-0.05, 0) is 48.4 Å². The maximum absolute atomic E-state index is 6.45. The second-order valence-corrected chi connectivity index (χ2v) is 6.26. The Morgan fingerprint density at radius 1 is 1.08 bits per heavy atom. The molecule has 1 heterocycles. The van der Waals surface area contributed by atoms with Gasteiger partial charge in [0.25, 0.3) is 0 Å². The molecule has 3 nitrogen and oxygen atoms in total. The SMILES string of the molecule is Cc1ccccc1C(=S)c1ccc(Nc2ccc(N)cn2)cc1Cl. The minimum absolute atomic E-state index is 0.601. The van der Waals surface area contributed by atoms with Gasteiger partial charge in [-0.3, -0.25) is 0 Å². The van der Waals surface area contributed by atoms with E-state index in [4.69, 9.17) is 29.6 Å². The molecule has 0 aliphatic carbocycles. The lowest BCUT2D eigenvalue weighted by atomic mass is 10.00. The highest BCUT2D eigenvalue weighted by Crippen LogP contribution is 2.26. The van der Waals surface area contributed by atoms with Crippen LogP contribution >= 0.6 is 23.8 Å². The number of benzene rings is 2. The number of hydrogen-bond donors (Lipinski definition) is 2. The summed E-state index contributed by atoms with van der Waals surface area (Å²) in [5.74, 6) is 0.703. The lowest BCUT2D eigenvalue weighted by molar-refractivity contribution is 1.31.